The largest absolute Gasteiger partial charge is 0.339 e. The highest BCUT2D eigenvalue weighted by Crippen LogP contribution is 2.29. The lowest BCUT2D eigenvalue weighted by atomic mass is 9.84. The van der Waals surface area contributed by atoms with Gasteiger partial charge < -0.3 is 10.3 Å². The molecule has 0 fully saturated rings. The molecular weight excluding hydrogens is 245 g/mol. The second-order valence-electron chi connectivity index (χ2n) is 5.04. The summed E-state index contributed by atoms with van der Waals surface area (Å²) in [4.78, 5) is 4.39. The van der Waals surface area contributed by atoms with Crippen molar-refractivity contribution in [3.8, 4) is 0 Å². The molecule has 0 radical (unpaired) electrons. The average Bonchev–Trinajstić information content (AvgIpc) is 2.86. The molecule has 2 N–H and O–H groups in total. The molecule has 5 heteroatoms. The van der Waals surface area contributed by atoms with Crippen LogP contribution in [-0.2, 0) is 11.8 Å². The van der Waals surface area contributed by atoms with Gasteiger partial charge in [-0.15, -0.1) is 0 Å². The first-order chi connectivity index (χ1) is 9.04. The Bertz CT molecular complexity index is 534. The van der Waals surface area contributed by atoms with Crippen LogP contribution in [0.25, 0.3) is 0 Å². The molecular formula is C14H18FN3O. The Morgan fingerprint density at radius 2 is 1.95 bits per heavy atom. The molecule has 2 aromatic rings. The highest BCUT2D eigenvalue weighted by Gasteiger charge is 2.28. The monoisotopic (exact) mass is 263 g/mol. The Labute approximate surface area is 111 Å². The summed E-state index contributed by atoms with van der Waals surface area (Å²) in [5, 5.41) is 4.02. The van der Waals surface area contributed by atoms with Crippen molar-refractivity contribution in [1.82, 2.24) is 10.1 Å². The minimum atomic E-state index is -0.418. The smallest absolute Gasteiger partial charge is 0.226 e. The number of aryl methyl sites for hydroxylation is 1. The van der Waals surface area contributed by atoms with Crippen molar-refractivity contribution in [1.29, 1.82) is 0 Å². The molecule has 0 bridgehead atoms. The van der Waals surface area contributed by atoms with Crippen LogP contribution in [0.5, 0.6) is 0 Å². The van der Waals surface area contributed by atoms with Crippen molar-refractivity contribution >= 4 is 0 Å². The van der Waals surface area contributed by atoms with Crippen molar-refractivity contribution in [2.45, 2.75) is 32.1 Å². The van der Waals surface area contributed by atoms with Crippen molar-refractivity contribution in [2.24, 2.45) is 5.73 Å². The van der Waals surface area contributed by atoms with Gasteiger partial charge in [0, 0.05) is 6.42 Å². The van der Waals surface area contributed by atoms with Crippen molar-refractivity contribution < 1.29 is 8.91 Å². The lowest BCUT2D eigenvalue weighted by molar-refractivity contribution is 0.364. The number of rotatable bonds is 5. The van der Waals surface area contributed by atoms with Crippen LogP contribution in [0.1, 0.15) is 37.5 Å². The van der Waals surface area contributed by atoms with Gasteiger partial charge in [0.05, 0.1) is 5.41 Å². The van der Waals surface area contributed by atoms with Crippen LogP contribution < -0.4 is 5.73 Å². The van der Waals surface area contributed by atoms with Crippen LogP contribution in [0.15, 0.2) is 28.8 Å². The Kier molecular flexibility index (Phi) is 3.95. The number of nitrogens with two attached hydrogens (primary N) is 1. The van der Waals surface area contributed by atoms with Crippen LogP contribution in [0.3, 0.4) is 0 Å². The topological polar surface area (TPSA) is 64.9 Å². The summed E-state index contributed by atoms with van der Waals surface area (Å²) < 4.78 is 18.2. The fourth-order valence-electron chi connectivity index (χ4n) is 1.86. The number of halogens is 1. The third-order valence-electron chi connectivity index (χ3n) is 3.19. The Balaban J connectivity index is 2.23. The molecule has 0 aliphatic heterocycles. The Hall–Kier alpha value is -1.75. The molecule has 2 rings (SSSR count). The Morgan fingerprint density at radius 1 is 1.26 bits per heavy atom. The van der Waals surface area contributed by atoms with Gasteiger partial charge in [-0.2, -0.15) is 4.98 Å². The van der Waals surface area contributed by atoms with E-state index < -0.39 is 5.41 Å². The third kappa shape index (κ3) is 2.98. The van der Waals surface area contributed by atoms with E-state index in [9.17, 15) is 4.39 Å². The van der Waals surface area contributed by atoms with Gasteiger partial charge in [-0.1, -0.05) is 17.3 Å². The molecule has 102 valence electrons. The van der Waals surface area contributed by atoms with Gasteiger partial charge in [0.15, 0.2) is 5.82 Å². The maximum Gasteiger partial charge on any atom is 0.226 e. The normalized spacial score (nSPS) is 11.8. The lowest BCUT2D eigenvalue weighted by Gasteiger charge is -2.20. The molecule has 0 spiro atoms. The fraction of sp³-hybridized carbons (Fsp3) is 0.429. The van der Waals surface area contributed by atoms with Crippen LogP contribution >= 0.6 is 0 Å². The molecule has 0 aliphatic carbocycles. The van der Waals surface area contributed by atoms with E-state index in [-0.39, 0.29) is 5.82 Å². The number of aromatic nitrogens is 2. The van der Waals surface area contributed by atoms with Crippen molar-refractivity contribution in [3.05, 3.63) is 47.4 Å². The highest BCUT2D eigenvalue weighted by molar-refractivity contribution is 5.30. The summed E-state index contributed by atoms with van der Waals surface area (Å²) in [6.07, 6.45) is 1.50. The van der Waals surface area contributed by atoms with E-state index in [1.807, 2.05) is 13.8 Å². The molecule has 1 heterocycles. The maximum absolute atomic E-state index is 13.0. The SMILES string of the molecule is CC(C)(c1ccc(F)cc1)c1noc(CCCN)n1. The summed E-state index contributed by atoms with van der Waals surface area (Å²) >= 11 is 0. The van der Waals surface area contributed by atoms with Crippen LogP contribution in [-0.4, -0.2) is 16.7 Å². The third-order valence-corrected chi connectivity index (χ3v) is 3.19. The van der Waals surface area contributed by atoms with E-state index in [1.165, 1.54) is 12.1 Å². The van der Waals surface area contributed by atoms with E-state index in [4.69, 9.17) is 10.3 Å². The van der Waals surface area contributed by atoms with Gasteiger partial charge in [0.1, 0.15) is 5.82 Å². The zero-order valence-electron chi connectivity index (χ0n) is 11.2. The standard InChI is InChI=1S/C14H18FN3O/c1-14(2,10-5-7-11(15)8-6-10)13-17-12(19-18-13)4-3-9-16/h5-8H,3-4,9,16H2,1-2H3. The van der Waals surface area contributed by atoms with Crippen molar-refractivity contribution in [2.75, 3.05) is 6.54 Å². The second-order valence-corrected chi connectivity index (χ2v) is 5.04. The summed E-state index contributed by atoms with van der Waals surface area (Å²) in [6.45, 7) is 4.56. The number of benzene rings is 1. The van der Waals surface area contributed by atoms with E-state index in [2.05, 4.69) is 10.1 Å². The first-order valence-corrected chi connectivity index (χ1v) is 6.33. The molecule has 19 heavy (non-hydrogen) atoms. The van der Waals surface area contributed by atoms with Gasteiger partial charge in [-0.05, 0) is 44.5 Å². The fourth-order valence-corrected chi connectivity index (χ4v) is 1.86. The van der Waals surface area contributed by atoms with E-state index in [0.717, 1.165) is 12.0 Å². The molecule has 0 aliphatic rings. The molecule has 1 aromatic heterocycles. The summed E-state index contributed by atoms with van der Waals surface area (Å²) in [7, 11) is 0. The molecule has 1 aromatic carbocycles. The first-order valence-electron chi connectivity index (χ1n) is 6.33. The van der Waals surface area contributed by atoms with E-state index in [0.29, 0.717) is 24.7 Å². The quantitative estimate of drug-likeness (QED) is 0.899. The maximum atomic E-state index is 13.0. The highest BCUT2D eigenvalue weighted by atomic mass is 19.1. The summed E-state index contributed by atoms with van der Waals surface area (Å²) in [5.41, 5.74) is 5.97. The lowest BCUT2D eigenvalue weighted by Crippen LogP contribution is -2.20. The zero-order chi connectivity index (χ0) is 13.9. The molecule has 4 nitrogen and oxygen atoms in total. The molecule has 0 unspecified atom stereocenters. The van der Waals surface area contributed by atoms with E-state index in [1.54, 1.807) is 12.1 Å². The van der Waals surface area contributed by atoms with Crippen molar-refractivity contribution in [3.63, 3.8) is 0 Å². The van der Waals surface area contributed by atoms with Gasteiger partial charge in [0.2, 0.25) is 5.89 Å². The summed E-state index contributed by atoms with van der Waals surface area (Å²) in [6, 6.07) is 6.36. The molecule has 0 saturated carbocycles. The number of hydrogen-bond donors (Lipinski definition) is 1. The molecule has 0 atom stereocenters. The number of nitrogens with zero attached hydrogens (tertiary/aromatic N) is 2. The van der Waals surface area contributed by atoms with Gasteiger partial charge in [-0.3, -0.25) is 0 Å². The van der Waals surface area contributed by atoms with Gasteiger partial charge in [0.25, 0.3) is 0 Å². The van der Waals surface area contributed by atoms with Crippen LogP contribution in [0, 0.1) is 5.82 Å². The first kappa shape index (κ1) is 13.7. The minimum Gasteiger partial charge on any atom is -0.339 e. The van der Waals surface area contributed by atoms with Gasteiger partial charge >= 0.3 is 0 Å². The Morgan fingerprint density at radius 3 is 2.58 bits per heavy atom. The van der Waals surface area contributed by atoms with Gasteiger partial charge in [-0.25, -0.2) is 4.39 Å². The average molecular weight is 263 g/mol. The predicted octanol–water partition coefficient (Wildman–Crippen LogP) is 2.43. The predicted molar refractivity (Wildman–Crippen MR) is 70.2 cm³/mol. The van der Waals surface area contributed by atoms with Crippen LogP contribution in [0.2, 0.25) is 0 Å². The second kappa shape index (κ2) is 5.48. The number of hydrogen-bond acceptors (Lipinski definition) is 4. The molecule has 0 saturated heterocycles. The molecule has 0 amide bonds. The van der Waals surface area contributed by atoms with E-state index >= 15 is 0 Å². The van der Waals surface area contributed by atoms with Crippen LogP contribution in [0.4, 0.5) is 4.39 Å². The summed E-state index contributed by atoms with van der Waals surface area (Å²) in [5.74, 6) is 0.943. The minimum absolute atomic E-state index is 0.253. The zero-order valence-corrected chi connectivity index (χ0v) is 11.2.